The first-order chi connectivity index (χ1) is 5.41. The van der Waals surface area contributed by atoms with Gasteiger partial charge in [0, 0.05) is 0 Å². The molecule has 0 saturated heterocycles. The van der Waals surface area contributed by atoms with Crippen LogP contribution in [0.1, 0.15) is 4.28 Å². The van der Waals surface area contributed by atoms with Crippen molar-refractivity contribution in [3.63, 3.8) is 0 Å². The van der Waals surface area contributed by atoms with E-state index < -0.39 is 23.5 Å². The summed E-state index contributed by atoms with van der Waals surface area (Å²) >= 11 is 0. The van der Waals surface area contributed by atoms with E-state index in [9.17, 15) is 13.7 Å². The van der Waals surface area contributed by atoms with Crippen LogP contribution in [-0.4, -0.2) is 40.9 Å². The molecule has 0 fully saturated rings. The molecule has 110 valence electrons. The largest absolute Gasteiger partial charge is 1.00 e. The molecule has 11 N–H and O–H groups in total. The molecule has 0 rings (SSSR count). The maximum Gasteiger partial charge on any atom is 1.00 e. The first-order valence-electron chi connectivity index (χ1n) is 2.28. The summed E-state index contributed by atoms with van der Waals surface area (Å²) in [6.07, 6.45) is 0. The van der Waals surface area contributed by atoms with Gasteiger partial charge in [-0.2, -0.15) is 8.62 Å². The van der Waals surface area contributed by atoms with Gasteiger partial charge >= 0.3 is 178 Å². The van der Waals surface area contributed by atoms with Gasteiger partial charge in [-0.1, -0.05) is 0 Å². The second kappa shape index (κ2) is 18.0. The Bertz CT molecular complexity index is 298. The number of hydrogen-bond acceptors (Lipinski definition) is 5. The smallest absolute Gasteiger partial charge is 1.00 e. The summed E-state index contributed by atoms with van der Waals surface area (Å²) in [5, 5.41) is 0. The Kier molecular flexibility index (Phi) is 41.7. The molecule has 0 aliphatic carbocycles. The van der Waals surface area contributed by atoms with Gasteiger partial charge in [0.15, 0.2) is 0 Å². The van der Waals surface area contributed by atoms with Crippen LogP contribution in [0.4, 0.5) is 0 Å². The SMILES string of the molecule is O.O.O.O=P(O)(O)OP(=O)(O)OP(=O)(O)O.[H-].[H-].[H-].[K+].[K+].[K+]. The van der Waals surface area contributed by atoms with Gasteiger partial charge in [-0.25, -0.2) is 13.7 Å². The molecule has 0 bridgehead atoms. The maximum absolute atomic E-state index is 10.4. The molecule has 0 radical (unpaired) electrons. The fourth-order valence-corrected chi connectivity index (χ4v) is 2.82. The van der Waals surface area contributed by atoms with Crippen molar-refractivity contribution < 1.29 is 222 Å². The van der Waals surface area contributed by atoms with Crippen molar-refractivity contribution in [2.45, 2.75) is 0 Å². The molecule has 0 amide bonds. The summed E-state index contributed by atoms with van der Waals surface area (Å²) in [7, 11) is -16.2. The van der Waals surface area contributed by atoms with E-state index in [4.69, 9.17) is 24.5 Å². The molecule has 0 aromatic rings. The van der Waals surface area contributed by atoms with E-state index in [0.29, 0.717) is 0 Å². The molecule has 19 heteroatoms. The van der Waals surface area contributed by atoms with E-state index in [1.165, 1.54) is 0 Å². The molecule has 0 aromatic heterocycles. The molecule has 0 unspecified atom stereocenters. The van der Waals surface area contributed by atoms with Crippen molar-refractivity contribution in [2.75, 3.05) is 0 Å². The van der Waals surface area contributed by atoms with Crippen LogP contribution in [0.3, 0.4) is 0 Å². The van der Waals surface area contributed by atoms with Crippen LogP contribution >= 0.6 is 23.5 Å². The van der Waals surface area contributed by atoms with Crippen LogP contribution in [-0.2, 0) is 22.3 Å². The molecule has 13 nitrogen and oxygen atoms in total. The third kappa shape index (κ3) is 35.2. The second-order valence-corrected chi connectivity index (χ2v) is 5.82. The Hall–Kier alpha value is 5.20. The van der Waals surface area contributed by atoms with E-state index >= 15 is 0 Å². The van der Waals surface area contributed by atoms with Crippen molar-refractivity contribution >= 4 is 23.5 Å². The van der Waals surface area contributed by atoms with Crippen LogP contribution in [0.5, 0.6) is 0 Å². The topological polar surface area (TPSA) is 265 Å². The Morgan fingerprint density at radius 2 is 0.789 bits per heavy atom. The second-order valence-electron chi connectivity index (χ2n) is 1.61. The molecular weight excluding hydrogens is 418 g/mol. The minimum atomic E-state index is -5.46. The van der Waals surface area contributed by atoms with Gasteiger partial charge < -0.3 is 45.2 Å². The fraction of sp³-hybridized carbons (Fsp3) is 0. The predicted octanol–water partition coefficient (Wildman–Crippen LogP) is -11.8. The number of hydrogen-bond donors (Lipinski definition) is 5. The van der Waals surface area contributed by atoms with E-state index in [2.05, 4.69) is 8.62 Å². The van der Waals surface area contributed by atoms with E-state index in [1.807, 2.05) is 0 Å². The third-order valence-corrected chi connectivity index (χ3v) is 3.77. The molecule has 0 heterocycles. The van der Waals surface area contributed by atoms with Crippen molar-refractivity contribution in [1.82, 2.24) is 0 Å². The summed E-state index contributed by atoms with van der Waals surface area (Å²) in [5.74, 6) is 0. The monoisotopic (exact) mass is 432 g/mol. The molecule has 0 saturated carbocycles. The quantitative estimate of drug-likeness (QED) is 0.207. The summed E-state index contributed by atoms with van der Waals surface area (Å²) in [5.41, 5.74) is 0. The molecule has 0 atom stereocenters. The van der Waals surface area contributed by atoms with Crippen LogP contribution in [0.25, 0.3) is 0 Å². The Morgan fingerprint density at radius 1 is 0.632 bits per heavy atom. The van der Waals surface area contributed by atoms with Gasteiger partial charge in [0.05, 0.1) is 0 Å². The van der Waals surface area contributed by atoms with Crippen LogP contribution in [0.2, 0.25) is 0 Å². The first-order valence-corrected chi connectivity index (χ1v) is 6.83. The summed E-state index contributed by atoms with van der Waals surface area (Å²) in [6, 6.07) is 0. The normalized spacial score (nSPS) is 9.95. The molecule has 0 spiro atoms. The van der Waals surface area contributed by atoms with Gasteiger partial charge in [0.2, 0.25) is 0 Å². The first kappa shape index (κ1) is 44.0. The fourth-order valence-electron chi connectivity index (χ4n) is 0.284. The van der Waals surface area contributed by atoms with Gasteiger partial charge in [-0.15, -0.1) is 0 Å². The van der Waals surface area contributed by atoms with Crippen LogP contribution in [0.15, 0.2) is 0 Å². The van der Waals surface area contributed by atoms with Gasteiger partial charge in [-0.05, 0) is 0 Å². The van der Waals surface area contributed by atoms with Crippen molar-refractivity contribution in [1.29, 1.82) is 0 Å². The number of rotatable bonds is 4. The zero-order valence-corrected chi connectivity index (χ0v) is 22.2. The number of phosphoric acid groups is 3. The van der Waals surface area contributed by atoms with Crippen molar-refractivity contribution in [2.24, 2.45) is 0 Å². The maximum atomic E-state index is 10.4. The van der Waals surface area contributed by atoms with E-state index in [0.717, 1.165) is 0 Å². The van der Waals surface area contributed by atoms with Crippen LogP contribution < -0.4 is 154 Å². The molecule has 0 aliphatic heterocycles. The predicted molar refractivity (Wildman–Crippen MR) is 50.3 cm³/mol. The summed E-state index contributed by atoms with van der Waals surface area (Å²) in [6.45, 7) is 0. The zero-order valence-electron chi connectivity index (χ0n) is 13.1. The zero-order chi connectivity index (χ0) is 10.9. The molecular formula is H14K3O13P3. The van der Waals surface area contributed by atoms with Crippen molar-refractivity contribution in [3.8, 4) is 0 Å². The van der Waals surface area contributed by atoms with Gasteiger partial charge in [0.1, 0.15) is 0 Å². The molecule has 0 aromatic carbocycles. The Morgan fingerprint density at radius 3 is 0.895 bits per heavy atom. The van der Waals surface area contributed by atoms with Gasteiger partial charge in [-0.3, -0.25) is 0 Å². The van der Waals surface area contributed by atoms with Crippen LogP contribution in [0, 0.1) is 0 Å². The summed E-state index contributed by atoms with van der Waals surface area (Å²) < 4.78 is 36.4. The van der Waals surface area contributed by atoms with Crippen molar-refractivity contribution in [3.05, 3.63) is 0 Å². The van der Waals surface area contributed by atoms with E-state index in [-0.39, 0.29) is 175 Å². The molecule has 19 heavy (non-hydrogen) atoms. The average molecular weight is 432 g/mol. The Balaban J connectivity index is -0.0000000200. The standard InChI is InChI=1S/3K.H5O10P3.3H2O.3H/c;;;1-11(2,3)9-13(7,8)10-12(4,5)6;;;;;;/h;;;(H,7,8)(H2,1,2,3)(H2,4,5,6);3*1H2;;;/q3*+1;;;;;3*-1. The van der Waals surface area contributed by atoms with Gasteiger partial charge in [0.25, 0.3) is 0 Å². The molecule has 0 aliphatic rings. The average Bonchev–Trinajstić information content (AvgIpc) is 1.43. The third-order valence-electron chi connectivity index (χ3n) is 0.419. The minimum absolute atomic E-state index is 0. The summed E-state index contributed by atoms with van der Waals surface area (Å²) in [4.78, 5) is 40.2. The minimum Gasteiger partial charge on any atom is -1.00 e. The van der Waals surface area contributed by atoms with E-state index in [1.54, 1.807) is 0 Å². The Labute approximate surface area is 239 Å².